The van der Waals surface area contributed by atoms with Crippen molar-refractivity contribution in [2.45, 2.75) is 19.4 Å². The van der Waals surface area contributed by atoms with Gasteiger partial charge < -0.3 is 11.2 Å². The monoisotopic (exact) mass is 489 g/mol. The fourth-order valence-electron chi connectivity index (χ4n) is 3.65. The second kappa shape index (κ2) is 10.8. The minimum absolute atomic E-state index is 0.239. The molecule has 0 aliphatic rings. The number of nitrogens with two attached hydrogens (primary N) is 1. The van der Waals surface area contributed by atoms with Gasteiger partial charge in [0.15, 0.2) is 0 Å². The standard InChI is InChI=1S/C26H27N5O3S/c1-18-7-12-24(22(13-18)16-27)21-8-10-23(11-9-21)30-25(26(32)31(2)35(3,33)34)15-19-5-4-6-20(14-19)17-29-28/h4-14,17,25,30H,15,28H2,1-3H3/t25-/m0/s1. The molecule has 0 aliphatic carbocycles. The van der Waals surface area contributed by atoms with Gasteiger partial charge in [-0.2, -0.15) is 10.4 Å². The summed E-state index contributed by atoms with van der Waals surface area (Å²) in [4.78, 5) is 13.1. The lowest BCUT2D eigenvalue weighted by Crippen LogP contribution is -2.44. The molecule has 0 fully saturated rings. The van der Waals surface area contributed by atoms with Crippen molar-refractivity contribution in [3.8, 4) is 17.2 Å². The van der Waals surface area contributed by atoms with Crippen LogP contribution in [0.2, 0.25) is 0 Å². The van der Waals surface area contributed by atoms with Crippen LogP contribution in [0.5, 0.6) is 0 Å². The number of hydrazone groups is 1. The highest BCUT2D eigenvalue weighted by atomic mass is 32.2. The molecule has 0 aliphatic heterocycles. The molecule has 35 heavy (non-hydrogen) atoms. The summed E-state index contributed by atoms with van der Waals surface area (Å²) in [6.07, 6.45) is 2.72. The van der Waals surface area contributed by atoms with E-state index in [2.05, 4.69) is 16.5 Å². The highest BCUT2D eigenvalue weighted by Crippen LogP contribution is 2.26. The molecule has 3 aromatic carbocycles. The van der Waals surface area contributed by atoms with Gasteiger partial charge >= 0.3 is 0 Å². The van der Waals surface area contributed by atoms with Crippen molar-refractivity contribution in [3.05, 3.63) is 89.0 Å². The smallest absolute Gasteiger partial charge is 0.258 e. The molecule has 0 spiro atoms. The number of carbonyl (C=O) groups excluding carboxylic acids is 1. The Kier molecular flexibility index (Phi) is 7.89. The van der Waals surface area contributed by atoms with E-state index < -0.39 is 22.0 Å². The summed E-state index contributed by atoms with van der Waals surface area (Å²) in [5.41, 5.74) is 5.47. The van der Waals surface area contributed by atoms with E-state index in [-0.39, 0.29) is 6.42 Å². The van der Waals surface area contributed by atoms with Gasteiger partial charge in [-0.05, 0) is 52.9 Å². The Balaban J connectivity index is 1.90. The first-order chi connectivity index (χ1) is 16.6. The Labute approximate surface area is 205 Å². The molecule has 0 radical (unpaired) electrons. The van der Waals surface area contributed by atoms with Crippen molar-refractivity contribution in [1.82, 2.24) is 4.31 Å². The molecule has 0 bridgehead atoms. The number of hydrogen-bond donors (Lipinski definition) is 2. The maximum atomic E-state index is 13.1. The van der Waals surface area contributed by atoms with Crippen LogP contribution in [-0.4, -0.2) is 44.2 Å². The molecule has 180 valence electrons. The number of aryl methyl sites for hydroxylation is 1. The van der Waals surface area contributed by atoms with Crippen molar-refractivity contribution in [2.24, 2.45) is 10.9 Å². The van der Waals surface area contributed by atoms with Crippen LogP contribution < -0.4 is 11.2 Å². The van der Waals surface area contributed by atoms with Crippen molar-refractivity contribution < 1.29 is 13.2 Å². The average molecular weight is 490 g/mol. The average Bonchev–Trinajstić information content (AvgIpc) is 2.83. The van der Waals surface area contributed by atoms with Crippen LogP contribution in [0.4, 0.5) is 5.69 Å². The fourth-order valence-corrected chi connectivity index (χ4v) is 4.11. The van der Waals surface area contributed by atoms with Crippen LogP contribution in [0.1, 0.15) is 22.3 Å². The minimum Gasteiger partial charge on any atom is -0.373 e. The summed E-state index contributed by atoms with van der Waals surface area (Å²) in [5.74, 6) is 4.66. The summed E-state index contributed by atoms with van der Waals surface area (Å²) in [6.45, 7) is 1.93. The number of sulfonamides is 1. The third-order valence-corrected chi connectivity index (χ3v) is 6.73. The van der Waals surface area contributed by atoms with Gasteiger partial charge in [0, 0.05) is 19.2 Å². The van der Waals surface area contributed by atoms with Crippen LogP contribution in [0, 0.1) is 18.3 Å². The summed E-state index contributed by atoms with van der Waals surface area (Å²) >= 11 is 0. The van der Waals surface area contributed by atoms with Crippen LogP contribution in [0.3, 0.4) is 0 Å². The predicted octanol–water partition coefficient (Wildman–Crippen LogP) is 3.27. The van der Waals surface area contributed by atoms with Gasteiger partial charge in [-0.1, -0.05) is 48.5 Å². The summed E-state index contributed by atoms with van der Waals surface area (Å²) in [5, 5.41) is 16.2. The number of nitriles is 1. The van der Waals surface area contributed by atoms with Crippen molar-refractivity contribution in [2.75, 3.05) is 18.6 Å². The number of anilines is 1. The second-order valence-corrected chi connectivity index (χ2v) is 10.2. The molecule has 0 aromatic heterocycles. The normalized spacial score (nSPS) is 12.2. The summed E-state index contributed by atoms with van der Waals surface area (Å²) in [7, 11) is -2.48. The molecule has 1 amide bonds. The van der Waals surface area contributed by atoms with E-state index >= 15 is 0 Å². The van der Waals surface area contributed by atoms with E-state index in [0.717, 1.165) is 38.4 Å². The number of carbonyl (C=O) groups is 1. The molecule has 0 unspecified atom stereocenters. The van der Waals surface area contributed by atoms with E-state index in [1.54, 1.807) is 12.1 Å². The molecule has 3 aromatic rings. The lowest BCUT2D eigenvalue weighted by atomic mass is 9.98. The topological polar surface area (TPSA) is 129 Å². The molecule has 8 nitrogen and oxygen atoms in total. The number of nitrogens with zero attached hydrogens (tertiary/aromatic N) is 3. The molecule has 3 rings (SSSR count). The molecule has 0 heterocycles. The highest BCUT2D eigenvalue weighted by molar-refractivity contribution is 7.88. The van der Waals surface area contributed by atoms with Crippen LogP contribution in [0.25, 0.3) is 11.1 Å². The van der Waals surface area contributed by atoms with Gasteiger partial charge in [-0.25, -0.2) is 12.7 Å². The minimum atomic E-state index is -3.73. The van der Waals surface area contributed by atoms with E-state index in [1.165, 1.54) is 13.3 Å². The van der Waals surface area contributed by atoms with Gasteiger partial charge in [-0.15, -0.1) is 0 Å². The zero-order chi connectivity index (χ0) is 25.6. The predicted molar refractivity (Wildman–Crippen MR) is 138 cm³/mol. The SMILES string of the molecule is Cc1ccc(-c2ccc(N[C@@H](Cc3cccc(C=NN)c3)C(=O)N(C)S(C)(=O)=O)cc2)c(C#N)c1. The lowest BCUT2D eigenvalue weighted by molar-refractivity contribution is -0.126. The fraction of sp³-hybridized carbons (Fsp3) is 0.192. The van der Waals surface area contributed by atoms with E-state index in [4.69, 9.17) is 5.84 Å². The molecule has 9 heteroatoms. The van der Waals surface area contributed by atoms with Gasteiger partial charge in [0.25, 0.3) is 5.91 Å². The Morgan fingerprint density at radius 1 is 1.17 bits per heavy atom. The largest absolute Gasteiger partial charge is 0.373 e. The maximum absolute atomic E-state index is 13.1. The Bertz CT molecular complexity index is 1390. The van der Waals surface area contributed by atoms with E-state index in [0.29, 0.717) is 11.3 Å². The van der Waals surface area contributed by atoms with Crippen LogP contribution in [0.15, 0.2) is 71.8 Å². The number of hydrogen-bond acceptors (Lipinski definition) is 7. The third kappa shape index (κ3) is 6.46. The lowest BCUT2D eigenvalue weighted by Gasteiger charge is -2.24. The van der Waals surface area contributed by atoms with Gasteiger partial charge in [-0.3, -0.25) is 4.79 Å². The first-order valence-corrected chi connectivity index (χ1v) is 12.6. The zero-order valence-electron chi connectivity index (χ0n) is 19.8. The number of nitrogens with one attached hydrogen (secondary N) is 1. The van der Waals surface area contributed by atoms with E-state index in [1.807, 2.05) is 61.5 Å². The molecule has 1 atom stereocenters. The summed E-state index contributed by atoms with van der Waals surface area (Å²) in [6, 6.07) is 21.7. The Hall–Kier alpha value is -4.16. The quantitative estimate of drug-likeness (QED) is 0.284. The van der Waals surface area contributed by atoms with Crippen LogP contribution in [-0.2, 0) is 21.2 Å². The van der Waals surface area contributed by atoms with Crippen molar-refractivity contribution in [3.63, 3.8) is 0 Å². The van der Waals surface area contributed by atoms with Gasteiger partial charge in [0.05, 0.1) is 24.1 Å². The molecule has 0 saturated carbocycles. The zero-order valence-corrected chi connectivity index (χ0v) is 20.6. The third-order valence-electron chi connectivity index (χ3n) is 5.55. The number of amides is 1. The number of benzene rings is 3. The maximum Gasteiger partial charge on any atom is 0.258 e. The van der Waals surface area contributed by atoms with E-state index in [9.17, 15) is 18.5 Å². The Morgan fingerprint density at radius 2 is 1.89 bits per heavy atom. The molecule has 3 N–H and O–H groups in total. The number of likely N-dealkylation sites (N-methyl/N-ethyl adjacent to an activating group) is 1. The van der Waals surface area contributed by atoms with Crippen molar-refractivity contribution in [1.29, 1.82) is 5.26 Å². The first kappa shape index (κ1) is 25.5. The van der Waals surface area contributed by atoms with Gasteiger partial charge in [0.1, 0.15) is 6.04 Å². The second-order valence-electron chi connectivity index (χ2n) is 8.23. The molecular weight excluding hydrogens is 462 g/mol. The van der Waals surface area contributed by atoms with Gasteiger partial charge in [0.2, 0.25) is 10.0 Å². The first-order valence-electron chi connectivity index (χ1n) is 10.8. The Morgan fingerprint density at radius 3 is 2.51 bits per heavy atom. The van der Waals surface area contributed by atoms with Crippen LogP contribution >= 0.6 is 0 Å². The highest BCUT2D eigenvalue weighted by Gasteiger charge is 2.27. The van der Waals surface area contributed by atoms with Crippen molar-refractivity contribution >= 4 is 27.8 Å². The molecular formula is C26H27N5O3S. The number of rotatable bonds is 8. The molecule has 0 saturated heterocycles. The summed E-state index contributed by atoms with van der Waals surface area (Å²) < 4.78 is 24.8.